The maximum atomic E-state index is 12.8. The van der Waals surface area contributed by atoms with Crippen LogP contribution in [0.25, 0.3) is 10.8 Å². The molecule has 0 unspecified atom stereocenters. The molecule has 0 radical (unpaired) electrons. The number of benzene rings is 1. The molecule has 2 aromatic rings. The first kappa shape index (κ1) is 20.0. The molecule has 1 N–H and O–H groups in total. The van der Waals surface area contributed by atoms with Crippen LogP contribution in [0, 0.1) is 0 Å². The molecule has 2 aliphatic heterocycles. The van der Waals surface area contributed by atoms with Gasteiger partial charge in [0.25, 0.3) is 5.91 Å². The van der Waals surface area contributed by atoms with Gasteiger partial charge in [0.2, 0.25) is 0 Å². The van der Waals surface area contributed by atoms with Crippen molar-refractivity contribution in [2.75, 3.05) is 57.3 Å². The maximum Gasteiger partial charge on any atom is 0.272 e. The largest absolute Gasteiger partial charge is 0.352 e. The minimum absolute atomic E-state index is 0.135. The third-order valence-corrected chi connectivity index (χ3v) is 6.14. The number of nitrogens with one attached hydrogen (secondary N) is 1. The van der Waals surface area contributed by atoms with E-state index in [2.05, 4.69) is 50.1 Å². The lowest BCUT2D eigenvalue weighted by Gasteiger charge is -2.37. The van der Waals surface area contributed by atoms with E-state index in [1.165, 1.54) is 12.8 Å². The summed E-state index contributed by atoms with van der Waals surface area (Å²) >= 11 is 0. The highest BCUT2D eigenvalue weighted by molar-refractivity contribution is 6.07. The van der Waals surface area contributed by atoms with E-state index in [4.69, 9.17) is 0 Å². The van der Waals surface area contributed by atoms with E-state index in [0.29, 0.717) is 18.3 Å². The Morgan fingerprint density at radius 3 is 2.38 bits per heavy atom. The van der Waals surface area contributed by atoms with Gasteiger partial charge in [0, 0.05) is 56.1 Å². The Morgan fingerprint density at radius 1 is 1.00 bits per heavy atom. The van der Waals surface area contributed by atoms with E-state index in [9.17, 15) is 4.79 Å². The van der Waals surface area contributed by atoms with Gasteiger partial charge in [0.15, 0.2) is 11.5 Å². The molecule has 4 rings (SSSR count). The predicted molar refractivity (Wildman–Crippen MR) is 116 cm³/mol. The highest BCUT2D eigenvalue weighted by Crippen LogP contribution is 2.27. The van der Waals surface area contributed by atoms with Crippen LogP contribution in [0.5, 0.6) is 0 Å². The molecule has 0 aliphatic carbocycles. The normalized spacial score (nSPS) is 18.7. The van der Waals surface area contributed by atoms with Crippen LogP contribution in [0.15, 0.2) is 24.3 Å². The van der Waals surface area contributed by atoms with Crippen molar-refractivity contribution in [3.05, 3.63) is 30.0 Å². The van der Waals surface area contributed by atoms with E-state index in [0.717, 1.165) is 62.4 Å². The lowest BCUT2D eigenvalue weighted by molar-refractivity contribution is 0.0945. The second-order valence-corrected chi connectivity index (χ2v) is 8.34. The number of likely N-dealkylation sites (tertiary alicyclic amines) is 1. The summed E-state index contributed by atoms with van der Waals surface area (Å²) in [5, 5.41) is 13.8. The Morgan fingerprint density at radius 2 is 1.69 bits per heavy atom. The number of rotatable bonds is 6. The van der Waals surface area contributed by atoms with Gasteiger partial charge in [-0.3, -0.25) is 9.69 Å². The summed E-state index contributed by atoms with van der Waals surface area (Å²) in [4.78, 5) is 20.0. The summed E-state index contributed by atoms with van der Waals surface area (Å²) in [6.45, 7) is 12.2. The Bertz CT molecular complexity index is 840. The van der Waals surface area contributed by atoms with Crippen molar-refractivity contribution < 1.29 is 4.79 Å². The lowest BCUT2D eigenvalue weighted by Crippen LogP contribution is -2.49. The summed E-state index contributed by atoms with van der Waals surface area (Å²) in [6, 6.07) is 8.56. The second kappa shape index (κ2) is 9.05. The van der Waals surface area contributed by atoms with Gasteiger partial charge >= 0.3 is 0 Å². The predicted octanol–water partition coefficient (Wildman–Crippen LogP) is 1.99. The first-order chi connectivity index (χ1) is 14.1. The number of hydrogen-bond donors (Lipinski definition) is 1. The molecule has 1 amide bonds. The lowest BCUT2D eigenvalue weighted by atomic mass is 10.1. The summed E-state index contributed by atoms with van der Waals surface area (Å²) in [6.07, 6.45) is 2.52. The molecule has 0 bridgehead atoms. The number of fused-ring (bicyclic) bond motifs is 1. The molecule has 2 aliphatic rings. The minimum Gasteiger partial charge on any atom is -0.352 e. The van der Waals surface area contributed by atoms with Gasteiger partial charge in [-0.25, -0.2) is 0 Å². The van der Waals surface area contributed by atoms with Crippen LogP contribution in [0.2, 0.25) is 0 Å². The van der Waals surface area contributed by atoms with Gasteiger partial charge in [0.1, 0.15) is 0 Å². The van der Waals surface area contributed by atoms with Gasteiger partial charge in [-0.2, -0.15) is 0 Å². The van der Waals surface area contributed by atoms with Crippen molar-refractivity contribution in [2.24, 2.45) is 0 Å². The van der Waals surface area contributed by atoms with Crippen LogP contribution >= 0.6 is 0 Å². The van der Waals surface area contributed by atoms with Crippen LogP contribution in [0.3, 0.4) is 0 Å². The Hall–Kier alpha value is -2.25. The smallest absolute Gasteiger partial charge is 0.272 e. The molecule has 7 heteroatoms. The number of nitrogens with zero attached hydrogens (tertiary/aromatic N) is 5. The Balaban J connectivity index is 1.48. The second-order valence-electron chi connectivity index (χ2n) is 8.34. The molecule has 0 saturated carbocycles. The van der Waals surface area contributed by atoms with Crippen molar-refractivity contribution in [1.82, 2.24) is 25.3 Å². The van der Waals surface area contributed by atoms with E-state index in [1.54, 1.807) is 0 Å². The molecule has 0 atom stereocenters. The van der Waals surface area contributed by atoms with Crippen LogP contribution < -0.4 is 10.2 Å². The number of amides is 1. The average molecular weight is 397 g/mol. The SMILES string of the molecule is CC(C)N1CCN(c2nnc(C(=O)NCCN3CCCC3)c3ccccc23)CC1. The van der Waals surface area contributed by atoms with Crippen molar-refractivity contribution in [3.63, 3.8) is 0 Å². The number of hydrogen-bond acceptors (Lipinski definition) is 6. The number of anilines is 1. The summed E-state index contributed by atoms with van der Waals surface area (Å²) < 4.78 is 0. The molecule has 2 saturated heterocycles. The zero-order valence-electron chi connectivity index (χ0n) is 17.6. The summed E-state index contributed by atoms with van der Waals surface area (Å²) in [5.41, 5.74) is 0.423. The molecule has 156 valence electrons. The van der Waals surface area contributed by atoms with Crippen molar-refractivity contribution in [2.45, 2.75) is 32.7 Å². The fourth-order valence-corrected chi connectivity index (χ4v) is 4.36. The molecule has 7 nitrogen and oxygen atoms in total. The van der Waals surface area contributed by atoms with Crippen molar-refractivity contribution >= 4 is 22.5 Å². The van der Waals surface area contributed by atoms with Crippen LogP contribution in [0.4, 0.5) is 5.82 Å². The first-order valence-electron chi connectivity index (χ1n) is 10.9. The highest BCUT2D eigenvalue weighted by atomic mass is 16.1. The van der Waals surface area contributed by atoms with Gasteiger partial charge in [0.05, 0.1) is 0 Å². The van der Waals surface area contributed by atoms with Gasteiger partial charge in [-0.05, 0) is 39.8 Å². The molecule has 1 aromatic heterocycles. The molecular formula is C22H32N6O. The minimum atomic E-state index is -0.135. The van der Waals surface area contributed by atoms with E-state index in [1.807, 2.05) is 18.2 Å². The van der Waals surface area contributed by atoms with Crippen molar-refractivity contribution in [1.29, 1.82) is 0 Å². The number of aromatic nitrogens is 2. The molecule has 3 heterocycles. The monoisotopic (exact) mass is 396 g/mol. The third kappa shape index (κ3) is 4.51. The molecule has 0 spiro atoms. The topological polar surface area (TPSA) is 64.6 Å². The summed E-state index contributed by atoms with van der Waals surface area (Å²) in [5.74, 6) is 0.752. The Kier molecular flexibility index (Phi) is 6.25. The number of carbonyl (C=O) groups is 1. The van der Waals surface area contributed by atoms with Gasteiger partial charge < -0.3 is 15.1 Å². The fraction of sp³-hybridized carbons (Fsp3) is 0.591. The quantitative estimate of drug-likeness (QED) is 0.806. The molecule has 2 fully saturated rings. The van der Waals surface area contributed by atoms with E-state index >= 15 is 0 Å². The zero-order valence-corrected chi connectivity index (χ0v) is 17.6. The third-order valence-electron chi connectivity index (χ3n) is 6.14. The molecular weight excluding hydrogens is 364 g/mol. The van der Waals surface area contributed by atoms with Gasteiger partial charge in [-0.1, -0.05) is 24.3 Å². The standard InChI is InChI=1S/C22H32N6O/c1-17(2)27-13-15-28(16-14-27)21-19-8-4-3-7-18(19)20(24-25-21)22(29)23-9-12-26-10-5-6-11-26/h3-4,7-8,17H,5-6,9-16H2,1-2H3,(H,23,29). The number of piperazine rings is 1. The first-order valence-corrected chi connectivity index (χ1v) is 10.9. The number of carbonyl (C=O) groups excluding carboxylic acids is 1. The van der Waals surface area contributed by atoms with E-state index < -0.39 is 0 Å². The van der Waals surface area contributed by atoms with Crippen LogP contribution in [0.1, 0.15) is 37.2 Å². The Labute approximate surface area is 173 Å². The average Bonchev–Trinajstić information content (AvgIpc) is 3.26. The zero-order chi connectivity index (χ0) is 20.2. The van der Waals surface area contributed by atoms with Gasteiger partial charge in [-0.15, -0.1) is 10.2 Å². The van der Waals surface area contributed by atoms with Crippen LogP contribution in [-0.2, 0) is 0 Å². The molecule has 1 aromatic carbocycles. The molecule has 29 heavy (non-hydrogen) atoms. The fourth-order valence-electron chi connectivity index (χ4n) is 4.36. The highest BCUT2D eigenvalue weighted by Gasteiger charge is 2.23. The van der Waals surface area contributed by atoms with Crippen molar-refractivity contribution in [3.8, 4) is 0 Å². The summed E-state index contributed by atoms with van der Waals surface area (Å²) in [7, 11) is 0. The van der Waals surface area contributed by atoms with Crippen LogP contribution in [-0.4, -0.2) is 84.3 Å². The van der Waals surface area contributed by atoms with E-state index in [-0.39, 0.29) is 5.91 Å². The maximum absolute atomic E-state index is 12.8.